The highest BCUT2D eigenvalue weighted by molar-refractivity contribution is 5.95. The maximum Gasteiger partial charge on any atom is 0.471 e. The van der Waals surface area contributed by atoms with E-state index in [-0.39, 0.29) is 18.3 Å². The van der Waals surface area contributed by atoms with Gasteiger partial charge in [0.1, 0.15) is 6.04 Å². The molecule has 1 aromatic carbocycles. The molecule has 0 aliphatic carbocycles. The summed E-state index contributed by atoms with van der Waals surface area (Å²) in [7, 11) is 0. The minimum Gasteiger partial charge on any atom is -0.378 e. The molecule has 1 aromatic heterocycles. The minimum absolute atomic E-state index is 0.178. The average Bonchev–Trinajstić information content (AvgIpc) is 3.07. The van der Waals surface area contributed by atoms with Gasteiger partial charge in [0.25, 0.3) is 0 Å². The number of morpholine rings is 1. The first-order valence-corrected chi connectivity index (χ1v) is 7.07. The lowest BCUT2D eigenvalue weighted by atomic mass is 10.2. The zero-order valence-corrected chi connectivity index (χ0v) is 12.3. The second kappa shape index (κ2) is 6.57. The molecule has 2 aromatic rings. The lowest BCUT2D eigenvalue weighted by molar-refractivity contribution is -0.159. The van der Waals surface area contributed by atoms with Gasteiger partial charge in [-0.3, -0.25) is 4.79 Å². The Labute approximate surface area is 134 Å². The third kappa shape index (κ3) is 3.71. The third-order valence-corrected chi connectivity index (χ3v) is 3.32. The van der Waals surface area contributed by atoms with E-state index in [2.05, 4.69) is 25.3 Å². The number of halogens is 3. The van der Waals surface area contributed by atoms with E-state index in [1.165, 1.54) is 12.1 Å². The van der Waals surface area contributed by atoms with Gasteiger partial charge >= 0.3 is 12.1 Å². The van der Waals surface area contributed by atoms with Crippen molar-refractivity contribution in [2.24, 2.45) is 0 Å². The SMILES string of the molecule is O=C(Nc1ccc(-c2noc(C(F)(F)F)n2)cc1)C1COCCN1. The fraction of sp³-hybridized carbons (Fsp3) is 0.357. The Morgan fingerprint density at radius 1 is 1.29 bits per heavy atom. The molecule has 1 unspecified atom stereocenters. The Morgan fingerprint density at radius 3 is 2.62 bits per heavy atom. The first-order chi connectivity index (χ1) is 11.4. The molecule has 128 valence electrons. The number of carbonyl (C=O) groups is 1. The van der Waals surface area contributed by atoms with E-state index in [4.69, 9.17) is 4.74 Å². The second-order valence-corrected chi connectivity index (χ2v) is 5.07. The molecule has 0 radical (unpaired) electrons. The van der Waals surface area contributed by atoms with Gasteiger partial charge in [0.15, 0.2) is 0 Å². The maximum atomic E-state index is 12.4. The van der Waals surface area contributed by atoms with Crippen LogP contribution in [0.4, 0.5) is 18.9 Å². The summed E-state index contributed by atoms with van der Waals surface area (Å²) in [5.74, 6) is -1.83. The summed E-state index contributed by atoms with van der Waals surface area (Å²) in [5, 5.41) is 9.01. The number of nitrogens with zero attached hydrogens (tertiary/aromatic N) is 2. The van der Waals surface area contributed by atoms with Crippen molar-refractivity contribution in [2.45, 2.75) is 12.2 Å². The number of nitrogens with one attached hydrogen (secondary N) is 2. The predicted octanol–water partition coefficient (Wildman–Crippen LogP) is 1.68. The molecule has 0 saturated carbocycles. The van der Waals surface area contributed by atoms with Crippen LogP contribution >= 0.6 is 0 Å². The molecule has 0 bridgehead atoms. The molecule has 2 N–H and O–H groups in total. The first kappa shape index (κ1) is 16.4. The molecule has 3 rings (SSSR count). The molecule has 1 amide bonds. The van der Waals surface area contributed by atoms with E-state index in [0.717, 1.165) is 0 Å². The summed E-state index contributed by atoms with van der Waals surface area (Å²) >= 11 is 0. The van der Waals surface area contributed by atoms with Crippen LogP contribution in [-0.2, 0) is 15.7 Å². The topological polar surface area (TPSA) is 89.3 Å². The molecule has 1 aliphatic heterocycles. The van der Waals surface area contributed by atoms with Crippen LogP contribution in [0.5, 0.6) is 0 Å². The number of benzene rings is 1. The van der Waals surface area contributed by atoms with Gasteiger partial charge in [-0.25, -0.2) is 0 Å². The zero-order chi connectivity index (χ0) is 17.2. The van der Waals surface area contributed by atoms with Crippen LogP contribution in [0.1, 0.15) is 5.89 Å². The van der Waals surface area contributed by atoms with Crippen LogP contribution in [0, 0.1) is 0 Å². The van der Waals surface area contributed by atoms with Crippen molar-refractivity contribution in [3.63, 3.8) is 0 Å². The fourth-order valence-corrected chi connectivity index (χ4v) is 2.12. The van der Waals surface area contributed by atoms with Crippen LogP contribution < -0.4 is 10.6 Å². The van der Waals surface area contributed by atoms with E-state index in [1.54, 1.807) is 12.1 Å². The van der Waals surface area contributed by atoms with Gasteiger partial charge in [-0.05, 0) is 24.3 Å². The van der Waals surface area contributed by atoms with Gasteiger partial charge in [-0.1, -0.05) is 5.16 Å². The molecule has 1 aliphatic rings. The van der Waals surface area contributed by atoms with Gasteiger partial charge in [0.2, 0.25) is 11.7 Å². The second-order valence-electron chi connectivity index (χ2n) is 5.07. The standard InChI is InChI=1S/C14H13F3N4O3/c15-14(16,17)13-20-11(21-24-13)8-1-3-9(4-2-8)19-12(22)10-7-23-6-5-18-10/h1-4,10,18H,5-7H2,(H,19,22). The summed E-state index contributed by atoms with van der Waals surface area (Å²) in [6.45, 7) is 1.44. The normalized spacial score (nSPS) is 18.4. The van der Waals surface area contributed by atoms with Crippen molar-refractivity contribution >= 4 is 11.6 Å². The summed E-state index contributed by atoms with van der Waals surface area (Å²) in [5.41, 5.74) is 0.835. The molecular formula is C14H13F3N4O3. The molecule has 24 heavy (non-hydrogen) atoms. The molecule has 0 spiro atoms. The van der Waals surface area contributed by atoms with Crippen LogP contribution in [0.25, 0.3) is 11.4 Å². The number of aromatic nitrogens is 2. The summed E-state index contributed by atoms with van der Waals surface area (Å²) in [4.78, 5) is 15.3. The van der Waals surface area contributed by atoms with E-state index in [9.17, 15) is 18.0 Å². The van der Waals surface area contributed by atoms with Crippen molar-refractivity contribution in [2.75, 3.05) is 25.1 Å². The van der Waals surface area contributed by atoms with Crippen molar-refractivity contribution in [1.29, 1.82) is 0 Å². The summed E-state index contributed by atoms with van der Waals surface area (Å²) in [6, 6.07) is 5.63. The molecule has 2 heterocycles. The lowest BCUT2D eigenvalue weighted by Crippen LogP contribution is -2.48. The zero-order valence-electron chi connectivity index (χ0n) is 12.3. The van der Waals surface area contributed by atoms with E-state index in [1.807, 2.05) is 0 Å². The van der Waals surface area contributed by atoms with Crippen LogP contribution in [-0.4, -0.2) is 41.8 Å². The van der Waals surface area contributed by atoms with Gasteiger partial charge in [0, 0.05) is 17.8 Å². The van der Waals surface area contributed by atoms with Crippen molar-refractivity contribution in [3.8, 4) is 11.4 Å². The Morgan fingerprint density at radius 2 is 2.04 bits per heavy atom. The van der Waals surface area contributed by atoms with E-state index < -0.39 is 18.1 Å². The minimum atomic E-state index is -4.69. The Kier molecular flexibility index (Phi) is 4.49. The third-order valence-electron chi connectivity index (χ3n) is 3.32. The largest absolute Gasteiger partial charge is 0.471 e. The Hall–Kier alpha value is -2.46. The van der Waals surface area contributed by atoms with Crippen LogP contribution in [0.3, 0.4) is 0 Å². The van der Waals surface area contributed by atoms with Gasteiger partial charge < -0.3 is 19.9 Å². The number of anilines is 1. The van der Waals surface area contributed by atoms with Crippen LogP contribution in [0.2, 0.25) is 0 Å². The van der Waals surface area contributed by atoms with E-state index in [0.29, 0.717) is 24.4 Å². The smallest absolute Gasteiger partial charge is 0.378 e. The molecular weight excluding hydrogens is 329 g/mol. The maximum absolute atomic E-state index is 12.4. The monoisotopic (exact) mass is 342 g/mol. The molecule has 10 heteroatoms. The molecule has 1 fully saturated rings. The summed E-state index contributed by atoms with van der Waals surface area (Å²) in [6.07, 6.45) is -4.69. The quantitative estimate of drug-likeness (QED) is 0.882. The lowest BCUT2D eigenvalue weighted by Gasteiger charge is -2.22. The number of hydrogen-bond donors (Lipinski definition) is 2. The fourth-order valence-electron chi connectivity index (χ4n) is 2.12. The van der Waals surface area contributed by atoms with Crippen molar-refractivity contribution < 1.29 is 27.2 Å². The van der Waals surface area contributed by atoms with Crippen molar-refractivity contribution in [1.82, 2.24) is 15.5 Å². The van der Waals surface area contributed by atoms with Gasteiger partial charge in [-0.15, -0.1) is 0 Å². The predicted molar refractivity (Wildman–Crippen MR) is 76.0 cm³/mol. The molecule has 1 saturated heterocycles. The number of rotatable bonds is 3. The van der Waals surface area contributed by atoms with Gasteiger partial charge in [-0.2, -0.15) is 18.2 Å². The number of alkyl halides is 3. The molecule has 7 nitrogen and oxygen atoms in total. The Bertz CT molecular complexity index is 709. The number of ether oxygens (including phenoxy) is 1. The highest BCUT2D eigenvalue weighted by atomic mass is 19.4. The average molecular weight is 342 g/mol. The summed E-state index contributed by atoms with van der Waals surface area (Å²) < 4.78 is 46.7. The van der Waals surface area contributed by atoms with Crippen molar-refractivity contribution in [3.05, 3.63) is 30.2 Å². The number of amides is 1. The first-order valence-electron chi connectivity index (χ1n) is 7.07. The van der Waals surface area contributed by atoms with Crippen LogP contribution in [0.15, 0.2) is 28.8 Å². The number of carbonyl (C=O) groups excluding carboxylic acids is 1. The van der Waals surface area contributed by atoms with E-state index >= 15 is 0 Å². The van der Waals surface area contributed by atoms with Gasteiger partial charge in [0.05, 0.1) is 13.2 Å². The number of hydrogen-bond acceptors (Lipinski definition) is 6. The highest BCUT2D eigenvalue weighted by Gasteiger charge is 2.38. The Balaban J connectivity index is 1.67. The molecule has 1 atom stereocenters. The highest BCUT2D eigenvalue weighted by Crippen LogP contribution is 2.29.